The Bertz CT molecular complexity index is 975. The van der Waals surface area contributed by atoms with Gasteiger partial charge in [0.05, 0.1) is 0 Å². The third-order valence-electron chi connectivity index (χ3n) is 6.23. The fourth-order valence-corrected chi connectivity index (χ4v) is 4.40. The molecule has 4 rings (SSSR count). The van der Waals surface area contributed by atoms with Crippen LogP contribution >= 0.6 is 0 Å². The fourth-order valence-electron chi connectivity index (χ4n) is 4.40. The second-order valence-corrected chi connectivity index (χ2v) is 8.38. The van der Waals surface area contributed by atoms with Gasteiger partial charge in [0.1, 0.15) is 0 Å². The lowest BCUT2D eigenvalue weighted by molar-refractivity contribution is -0.130. The van der Waals surface area contributed by atoms with E-state index in [2.05, 4.69) is 24.0 Å². The van der Waals surface area contributed by atoms with Crippen molar-refractivity contribution in [3.63, 3.8) is 0 Å². The van der Waals surface area contributed by atoms with Gasteiger partial charge in [-0.3, -0.25) is 0 Å². The first kappa shape index (κ1) is 20.3. The van der Waals surface area contributed by atoms with Crippen molar-refractivity contribution in [3.8, 4) is 0 Å². The molecule has 0 atom stereocenters. The number of benzene rings is 2. The van der Waals surface area contributed by atoms with Crippen LogP contribution in [0.1, 0.15) is 68.6 Å². The summed E-state index contributed by atoms with van der Waals surface area (Å²) < 4.78 is 5.44. The van der Waals surface area contributed by atoms with Gasteiger partial charge in [-0.25, -0.2) is 9.79 Å². The van der Waals surface area contributed by atoms with E-state index >= 15 is 0 Å². The smallest absolute Gasteiger partial charge is 0.363 e. The third kappa shape index (κ3) is 4.79. The van der Waals surface area contributed by atoms with Gasteiger partial charge < -0.3 is 4.74 Å². The zero-order chi connectivity index (χ0) is 20.9. The van der Waals surface area contributed by atoms with Crippen molar-refractivity contribution < 1.29 is 9.53 Å². The number of carbonyl (C=O) groups is 1. The van der Waals surface area contributed by atoms with Crippen LogP contribution in [-0.4, -0.2) is 11.9 Å². The van der Waals surface area contributed by atoms with Crippen LogP contribution in [0.15, 0.2) is 76.9 Å². The Balaban J connectivity index is 1.47. The van der Waals surface area contributed by atoms with Gasteiger partial charge in [-0.15, -0.1) is 0 Å². The molecular formula is C27H29NO2. The molecule has 3 nitrogen and oxygen atoms in total. The molecule has 2 aliphatic rings. The van der Waals surface area contributed by atoms with Gasteiger partial charge >= 0.3 is 5.97 Å². The van der Waals surface area contributed by atoms with Crippen LogP contribution in [-0.2, 0) is 9.53 Å². The molecule has 1 heterocycles. The number of hydrogen-bond donors (Lipinski definition) is 0. The van der Waals surface area contributed by atoms with E-state index in [1.807, 2.05) is 55.5 Å². The molecule has 2 aromatic carbocycles. The third-order valence-corrected chi connectivity index (χ3v) is 6.23. The molecule has 1 aliphatic carbocycles. The minimum absolute atomic E-state index is 0.344. The minimum atomic E-state index is -0.396. The number of esters is 1. The molecule has 0 N–H and O–H groups in total. The van der Waals surface area contributed by atoms with Crippen molar-refractivity contribution in [2.24, 2.45) is 10.9 Å². The summed E-state index contributed by atoms with van der Waals surface area (Å²) in [7, 11) is 0. The van der Waals surface area contributed by atoms with E-state index in [1.165, 1.54) is 37.7 Å². The van der Waals surface area contributed by atoms with E-state index in [0.29, 0.717) is 17.5 Å². The fraction of sp³-hybridized carbons (Fsp3) is 0.333. The summed E-state index contributed by atoms with van der Waals surface area (Å²) in [5.41, 5.74) is 4.62. The molecule has 1 saturated carbocycles. The first-order chi connectivity index (χ1) is 14.6. The highest BCUT2D eigenvalue weighted by Gasteiger charge is 2.25. The molecule has 0 unspecified atom stereocenters. The highest BCUT2D eigenvalue weighted by Crippen LogP contribution is 2.37. The van der Waals surface area contributed by atoms with Crippen molar-refractivity contribution in [2.45, 2.75) is 51.9 Å². The second kappa shape index (κ2) is 9.25. The summed E-state index contributed by atoms with van der Waals surface area (Å²) in [5.74, 6) is 1.54. The molecule has 2 aromatic rings. The molecule has 0 radical (unpaired) electrons. The standard InChI is InChI=1S/C27H29NO2/c1-3-20-9-11-22(12-10-20)23-13-15-24(16-14-23)26-28-25(27(29)30-26)18-19(2)17-21-7-5-4-6-8-21/h4-8,13-18,20,22H,3,9-12H2,1-2H3. The lowest BCUT2D eigenvalue weighted by atomic mass is 9.78. The predicted octanol–water partition coefficient (Wildman–Crippen LogP) is 6.66. The van der Waals surface area contributed by atoms with Crippen molar-refractivity contribution in [1.29, 1.82) is 0 Å². The van der Waals surface area contributed by atoms with E-state index in [4.69, 9.17) is 4.74 Å². The maximum Gasteiger partial charge on any atom is 0.363 e. The van der Waals surface area contributed by atoms with Crippen LogP contribution in [0.2, 0.25) is 0 Å². The van der Waals surface area contributed by atoms with Gasteiger partial charge in [0.25, 0.3) is 0 Å². The number of aliphatic imine (C=N–C) groups is 1. The Labute approximate surface area is 179 Å². The zero-order valence-corrected chi connectivity index (χ0v) is 17.8. The molecule has 0 aromatic heterocycles. The van der Waals surface area contributed by atoms with Crippen molar-refractivity contribution >= 4 is 17.9 Å². The molecule has 30 heavy (non-hydrogen) atoms. The van der Waals surface area contributed by atoms with Crippen LogP contribution in [0, 0.1) is 5.92 Å². The molecule has 0 bridgehead atoms. The molecule has 1 aliphatic heterocycles. The average molecular weight is 400 g/mol. The number of cyclic esters (lactones) is 1. The van der Waals surface area contributed by atoms with Crippen LogP contribution in [0.25, 0.3) is 6.08 Å². The Hall–Kier alpha value is -2.94. The highest BCUT2D eigenvalue weighted by molar-refractivity contribution is 6.11. The van der Waals surface area contributed by atoms with E-state index in [1.54, 1.807) is 6.08 Å². The Morgan fingerprint density at radius 2 is 1.73 bits per heavy atom. The lowest BCUT2D eigenvalue weighted by Crippen LogP contribution is -2.13. The highest BCUT2D eigenvalue weighted by atomic mass is 16.6. The van der Waals surface area contributed by atoms with E-state index in [9.17, 15) is 4.79 Å². The van der Waals surface area contributed by atoms with Gasteiger partial charge in [-0.2, -0.15) is 0 Å². The second-order valence-electron chi connectivity index (χ2n) is 8.38. The SMILES string of the molecule is CCC1CCC(c2ccc(C3=NC(=CC(C)=Cc4ccccc4)C(=O)O3)cc2)CC1. The van der Waals surface area contributed by atoms with Crippen molar-refractivity contribution in [3.05, 3.63) is 88.6 Å². The molecule has 0 amide bonds. The van der Waals surface area contributed by atoms with Gasteiger partial charge in [-0.1, -0.05) is 61.9 Å². The number of nitrogens with zero attached hydrogens (tertiary/aromatic N) is 1. The number of carbonyl (C=O) groups excluding carboxylic acids is 1. The molecule has 3 heteroatoms. The maximum atomic E-state index is 12.3. The Kier molecular flexibility index (Phi) is 6.27. The summed E-state index contributed by atoms with van der Waals surface area (Å²) in [6.07, 6.45) is 10.3. The summed E-state index contributed by atoms with van der Waals surface area (Å²) >= 11 is 0. The van der Waals surface area contributed by atoms with Gasteiger partial charge in [-0.05, 0) is 79.4 Å². The molecule has 1 fully saturated rings. The summed E-state index contributed by atoms with van der Waals surface area (Å²) in [6, 6.07) is 18.4. The minimum Gasteiger partial charge on any atom is -0.402 e. The lowest BCUT2D eigenvalue weighted by Gasteiger charge is -2.28. The monoisotopic (exact) mass is 399 g/mol. The summed E-state index contributed by atoms with van der Waals surface area (Å²) in [5, 5.41) is 0. The number of ether oxygens (including phenoxy) is 1. The van der Waals surface area contributed by atoms with Crippen molar-refractivity contribution in [1.82, 2.24) is 0 Å². The predicted molar refractivity (Wildman–Crippen MR) is 122 cm³/mol. The summed E-state index contributed by atoms with van der Waals surface area (Å²) in [4.78, 5) is 16.7. The van der Waals surface area contributed by atoms with Crippen molar-refractivity contribution in [2.75, 3.05) is 0 Å². The summed E-state index contributed by atoms with van der Waals surface area (Å²) in [6.45, 7) is 4.26. The topological polar surface area (TPSA) is 38.7 Å². The first-order valence-corrected chi connectivity index (χ1v) is 11.0. The van der Waals surface area contributed by atoms with Gasteiger partial charge in [0, 0.05) is 5.56 Å². The number of rotatable bonds is 5. The molecular weight excluding hydrogens is 370 g/mol. The van der Waals surface area contributed by atoms with Gasteiger partial charge in [0.2, 0.25) is 5.90 Å². The van der Waals surface area contributed by atoms with E-state index in [-0.39, 0.29) is 0 Å². The maximum absolute atomic E-state index is 12.3. The van der Waals surface area contributed by atoms with Crippen LogP contribution in [0.5, 0.6) is 0 Å². The molecule has 0 saturated heterocycles. The average Bonchev–Trinajstić information content (AvgIpc) is 3.14. The van der Waals surface area contributed by atoms with Crippen LogP contribution in [0.4, 0.5) is 0 Å². The Morgan fingerprint density at radius 1 is 1.03 bits per heavy atom. The number of allylic oxidation sites excluding steroid dienone is 2. The van der Waals surface area contributed by atoms with E-state index in [0.717, 1.165) is 22.6 Å². The Morgan fingerprint density at radius 3 is 2.40 bits per heavy atom. The quantitative estimate of drug-likeness (QED) is 0.416. The van der Waals surface area contributed by atoms with Crippen LogP contribution < -0.4 is 0 Å². The van der Waals surface area contributed by atoms with E-state index < -0.39 is 5.97 Å². The normalized spacial score (nSPS) is 23.4. The molecule has 154 valence electrons. The van der Waals surface area contributed by atoms with Gasteiger partial charge in [0.15, 0.2) is 5.70 Å². The number of hydrogen-bond acceptors (Lipinski definition) is 3. The first-order valence-electron chi connectivity index (χ1n) is 11.0. The van der Waals surface area contributed by atoms with Crippen LogP contribution in [0.3, 0.4) is 0 Å². The zero-order valence-electron chi connectivity index (χ0n) is 17.8. The molecule has 0 spiro atoms. The largest absolute Gasteiger partial charge is 0.402 e.